The maximum Gasteiger partial charge on any atom is 0.243 e. The van der Waals surface area contributed by atoms with E-state index in [1.54, 1.807) is 16.3 Å². The number of nitrogens with one attached hydrogen (secondary N) is 3. The maximum absolute atomic E-state index is 12.9. The number of amidine groups is 1. The fourth-order valence-corrected chi connectivity index (χ4v) is 5.30. The Hall–Kier alpha value is -2.42. The smallest absolute Gasteiger partial charge is 0.243 e. The molecule has 1 saturated carbocycles. The molecule has 5 N–H and O–H groups in total. The van der Waals surface area contributed by atoms with Gasteiger partial charge < -0.3 is 21.3 Å². The first-order chi connectivity index (χ1) is 14.0. The van der Waals surface area contributed by atoms with Crippen LogP contribution in [0.15, 0.2) is 11.4 Å². The van der Waals surface area contributed by atoms with E-state index >= 15 is 0 Å². The van der Waals surface area contributed by atoms with E-state index in [1.165, 1.54) is 30.6 Å². The van der Waals surface area contributed by atoms with Crippen molar-refractivity contribution in [2.75, 3.05) is 13.1 Å². The van der Waals surface area contributed by atoms with Crippen molar-refractivity contribution in [3.8, 4) is 0 Å². The first kappa shape index (κ1) is 21.3. The average molecular weight is 420 g/mol. The Morgan fingerprint density at radius 3 is 2.69 bits per heavy atom. The predicted molar refractivity (Wildman–Crippen MR) is 111 cm³/mol. The number of likely N-dealkylation sites (tertiary alicyclic amines) is 1. The third-order valence-corrected chi connectivity index (χ3v) is 6.95. The lowest BCUT2D eigenvalue weighted by Gasteiger charge is -2.27. The van der Waals surface area contributed by atoms with Crippen LogP contribution in [-0.4, -0.2) is 48.1 Å². The van der Waals surface area contributed by atoms with Gasteiger partial charge in [0.05, 0.1) is 13.1 Å². The van der Waals surface area contributed by atoms with Gasteiger partial charge in [-0.1, -0.05) is 32.1 Å². The SMILES string of the molecule is N=C(N)c1csc(CNC(=O)C2CC(C3CCCCC3)CN2C(=O)CNC=O)c1. The van der Waals surface area contributed by atoms with Gasteiger partial charge in [0.1, 0.15) is 11.9 Å². The zero-order valence-corrected chi connectivity index (χ0v) is 17.3. The molecule has 2 atom stereocenters. The number of thiophene rings is 1. The molecule has 1 saturated heterocycles. The summed E-state index contributed by atoms with van der Waals surface area (Å²) in [6.45, 7) is 0.836. The van der Waals surface area contributed by atoms with Gasteiger partial charge in [-0.25, -0.2) is 0 Å². The van der Waals surface area contributed by atoms with Gasteiger partial charge in [-0.2, -0.15) is 0 Å². The number of carbonyl (C=O) groups is 3. The molecule has 1 aromatic rings. The molecule has 2 aliphatic rings. The Kier molecular flexibility index (Phi) is 7.24. The topological polar surface area (TPSA) is 128 Å². The van der Waals surface area contributed by atoms with Gasteiger partial charge in [0.25, 0.3) is 0 Å². The molecule has 2 unspecified atom stereocenters. The van der Waals surface area contributed by atoms with Crippen LogP contribution in [0.1, 0.15) is 49.0 Å². The monoisotopic (exact) mass is 419 g/mol. The highest BCUT2D eigenvalue weighted by molar-refractivity contribution is 7.10. The normalized spacial score (nSPS) is 22.3. The molecule has 158 valence electrons. The molecule has 0 bridgehead atoms. The highest BCUT2D eigenvalue weighted by Gasteiger charge is 2.42. The molecular formula is C20H29N5O3S. The van der Waals surface area contributed by atoms with E-state index in [-0.39, 0.29) is 24.2 Å². The minimum atomic E-state index is -0.505. The molecule has 1 aromatic heterocycles. The van der Waals surface area contributed by atoms with E-state index in [9.17, 15) is 14.4 Å². The lowest BCUT2D eigenvalue weighted by molar-refractivity contribution is -0.138. The molecule has 9 heteroatoms. The van der Waals surface area contributed by atoms with Gasteiger partial charge >= 0.3 is 0 Å². The Bertz CT molecular complexity index is 759. The molecule has 3 rings (SSSR count). The van der Waals surface area contributed by atoms with Crippen molar-refractivity contribution in [2.45, 2.75) is 51.1 Å². The number of nitrogens with zero attached hydrogens (tertiary/aromatic N) is 1. The molecule has 2 fully saturated rings. The lowest BCUT2D eigenvalue weighted by atomic mass is 9.79. The zero-order valence-electron chi connectivity index (χ0n) is 16.5. The summed E-state index contributed by atoms with van der Waals surface area (Å²) in [6, 6.07) is 1.29. The van der Waals surface area contributed by atoms with E-state index in [0.29, 0.717) is 43.3 Å². The van der Waals surface area contributed by atoms with Crippen LogP contribution in [0.3, 0.4) is 0 Å². The van der Waals surface area contributed by atoms with E-state index in [4.69, 9.17) is 11.1 Å². The summed E-state index contributed by atoms with van der Waals surface area (Å²) in [5.41, 5.74) is 6.14. The van der Waals surface area contributed by atoms with Crippen molar-refractivity contribution < 1.29 is 14.4 Å². The van der Waals surface area contributed by atoms with Crippen LogP contribution in [0.25, 0.3) is 0 Å². The third-order valence-electron chi connectivity index (χ3n) is 6.01. The summed E-state index contributed by atoms with van der Waals surface area (Å²) in [4.78, 5) is 38.6. The zero-order chi connectivity index (χ0) is 20.8. The van der Waals surface area contributed by atoms with Crippen molar-refractivity contribution in [2.24, 2.45) is 17.6 Å². The summed E-state index contributed by atoms with van der Waals surface area (Å²) in [5.74, 6) is 0.513. The second-order valence-corrected chi connectivity index (χ2v) is 8.88. The van der Waals surface area contributed by atoms with Crippen LogP contribution in [0.4, 0.5) is 0 Å². The minimum Gasteiger partial charge on any atom is -0.384 e. The highest BCUT2D eigenvalue weighted by Crippen LogP contribution is 2.37. The number of hydrogen-bond acceptors (Lipinski definition) is 5. The van der Waals surface area contributed by atoms with Gasteiger partial charge in [0.15, 0.2) is 0 Å². The van der Waals surface area contributed by atoms with Crippen LogP contribution < -0.4 is 16.4 Å². The second-order valence-electron chi connectivity index (χ2n) is 7.89. The Balaban J connectivity index is 1.64. The molecule has 1 aliphatic carbocycles. The fourth-order valence-electron chi connectivity index (χ4n) is 4.48. The summed E-state index contributed by atoms with van der Waals surface area (Å²) < 4.78 is 0. The van der Waals surface area contributed by atoms with E-state index in [0.717, 1.165) is 17.7 Å². The van der Waals surface area contributed by atoms with Crippen LogP contribution in [0.5, 0.6) is 0 Å². The summed E-state index contributed by atoms with van der Waals surface area (Å²) in [7, 11) is 0. The summed E-state index contributed by atoms with van der Waals surface area (Å²) >= 11 is 1.44. The van der Waals surface area contributed by atoms with E-state index in [1.807, 2.05) is 0 Å². The Morgan fingerprint density at radius 1 is 1.28 bits per heavy atom. The molecular weight excluding hydrogens is 390 g/mol. The van der Waals surface area contributed by atoms with Crippen LogP contribution in [0, 0.1) is 17.2 Å². The molecule has 29 heavy (non-hydrogen) atoms. The van der Waals surface area contributed by atoms with Crippen molar-refractivity contribution in [3.05, 3.63) is 21.9 Å². The molecule has 1 aliphatic heterocycles. The van der Waals surface area contributed by atoms with E-state index in [2.05, 4.69) is 10.6 Å². The Morgan fingerprint density at radius 2 is 2.03 bits per heavy atom. The average Bonchev–Trinajstić information content (AvgIpc) is 3.38. The molecule has 0 radical (unpaired) electrons. The molecule has 3 amide bonds. The largest absolute Gasteiger partial charge is 0.384 e. The predicted octanol–water partition coefficient (Wildman–Crippen LogP) is 1.19. The van der Waals surface area contributed by atoms with Crippen LogP contribution in [-0.2, 0) is 20.9 Å². The Labute approximate surface area is 174 Å². The van der Waals surface area contributed by atoms with Crippen LogP contribution in [0.2, 0.25) is 0 Å². The van der Waals surface area contributed by atoms with Crippen molar-refractivity contribution in [1.29, 1.82) is 5.41 Å². The van der Waals surface area contributed by atoms with Crippen molar-refractivity contribution in [3.63, 3.8) is 0 Å². The number of rotatable bonds is 8. The third kappa shape index (κ3) is 5.35. The maximum atomic E-state index is 12.9. The fraction of sp³-hybridized carbons (Fsp3) is 0.600. The number of hydrogen-bond donors (Lipinski definition) is 4. The summed E-state index contributed by atoms with van der Waals surface area (Å²) in [6.07, 6.45) is 7.21. The minimum absolute atomic E-state index is 0.00407. The number of nitrogen functional groups attached to an aromatic ring is 1. The molecule has 8 nitrogen and oxygen atoms in total. The molecule has 0 aromatic carbocycles. The van der Waals surface area contributed by atoms with Gasteiger partial charge in [-0.15, -0.1) is 11.3 Å². The van der Waals surface area contributed by atoms with Crippen molar-refractivity contribution >= 4 is 35.4 Å². The second kappa shape index (κ2) is 9.87. The standard InChI is InChI=1S/C20H29N5O3S/c21-19(22)15-6-16(29-11-15)8-24-20(28)17-7-14(13-4-2-1-3-5-13)10-25(17)18(27)9-23-12-26/h6,11-14,17H,1-5,7-10H2,(H3,21,22)(H,23,26)(H,24,28). The number of amides is 3. The van der Waals surface area contributed by atoms with Gasteiger partial charge in [0, 0.05) is 22.4 Å². The first-order valence-electron chi connectivity index (χ1n) is 10.2. The van der Waals surface area contributed by atoms with Crippen molar-refractivity contribution in [1.82, 2.24) is 15.5 Å². The first-order valence-corrected chi connectivity index (χ1v) is 11.0. The number of carbonyl (C=O) groups excluding carboxylic acids is 3. The lowest BCUT2D eigenvalue weighted by Crippen LogP contribution is -2.48. The van der Waals surface area contributed by atoms with Gasteiger partial charge in [0.2, 0.25) is 18.2 Å². The van der Waals surface area contributed by atoms with Gasteiger partial charge in [-0.05, 0) is 24.3 Å². The number of nitrogens with two attached hydrogens (primary N) is 1. The van der Waals surface area contributed by atoms with Gasteiger partial charge in [-0.3, -0.25) is 19.8 Å². The summed E-state index contributed by atoms with van der Waals surface area (Å²) in [5, 5.41) is 14.6. The van der Waals surface area contributed by atoms with E-state index < -0.39 is 6.04 Å². The highest BCUT2D eigenvalue weighted by atomic mass is 32.1. The molecule has 2 heterocycles. The molecule has 0 spiro atoms. The quantitative estimate of drug-likeness (QED) is 0.287. The van der Waals surface area contributed by atoms with Crippen LogP contribution >= 0.6 is 11.3 Å².